The van der Waals surface area contributed by atoms with Crippen LogP contribution in [0.5, 0.6) is 0 Å². The summed E-state index contributed by atoms with van der Waals surface area (Å²) in [6, 6.07) is 0.913. The molecule has 2 rings (SSSR count). The molecule has 1 heterocycles. The molecule has 1 atom stereocenters. The summed E-state index contributed by atoms with van der Waals surface area (Å²) < 4.78 is 53.0. The highest BCUT2D eigenvalue weighted by molar-refractivity contribution is 6.31. The fraction of sp³-hybridized carbons (Fsp3) is 0.538. The molecule has 1 aromatic rings. The Balaban J connectivity index is 2.37. The minimum absolute atomic E-state index is 0.172. The van der Waals surface area contributed by atoms with Gasteiger partial charge in [-0.15, -0.1) is 0 Å². The molecule has 20 heavy (non-hydrogen) atoms. The van der Waals surface area contributed by atoms with Crippen LogP contribution < -0.4 is 5.32 Å². The minimum Gasteiger partial charge on any atom is -0.314 e. The molecule has 2 nitrogen and oxygen atoms in total. The molecule has 0 aliphatic carbocycles. The van der Waals surface area contributed by atoms with Gasteiger partial charge in [-0.1, -0.05) is 11.6 Å². The number of hydrogen-bond acceptors (Lipinski definition) is 2. The van der Waals surface area contributed by atoms with Crippen LogP contribution in [0.25, 0.3) is 0 Å². The predicted octanol–water partition coefficient (Wildman–Crippen LogP) is 3.22. The van der Waals surface area contributed by atoms with Gasteiger partial charge >= 0.3 is 0 Å². The van der Waals surface area contributed by atoms with Gasteiger partial charge < -0.3 is 5.32 Å². The highest BCUT2D eigenvalue weighted by atomic mass is 35.5. The largest absolute Gasteiger partial charge is 0.314 e. The number of halogens is 5. The molecule has 112 valence electrons. The Morgan fingerprint density at radius 2 is 1.75 bits per heavy atom. The van der Waals surface area contributed by atoms with Crippen molar-refractivity contribution >= 4 is 11.6 Å². The summed E-state index contributed by atoms with van der Waals surface area (Å²) in [6.07, 6.45) is -3.19. The number of rotatable bonds is 4. The van der Waals surface area contributed by atoms with Crippen LogP contribution in [0.2, 0.25) is 5.02 Å². The van der Waals surface area contributed by atoms with Crippen LogP contribution in [0.1, 0.15) is 18.0 Å². The van der Waals surface area contributed by atoms with Gasteiger partial charge in [0.1, 0.15) is 11.6 Å². The van der Waals surface area contributed by atoms with Gasteiger partial charge in [-0.3, -0.25) is 4.90 Å². The van der Waals surface area contributed by atoms with Crippen LogP contribution in [0.15, 0.2) is 12.1 Å². The first kappa shape index (κ1) is 15.5. The minimum atomic E-state index is -2.62. The van der Waals surface area contributed by atoms with Gasteiger partial charge in [0.15, 0.2) is 0 Å². The normalized spacial score (nSPS) is 18.5. The van der Waals surface area contributed by atoms with Crippen molar-refractivity contribution in [1.29, 1.82) is 0 Å². The third-order valence-corrected chi connectivity index (χ3v) is 3.79. The topological polar surface area (TPSA) is 15.3 Å². The van der Waals surface area contributed by atoms with Gasteiger partial charge in [-0.25, -0.2) is 17.6 Å². The number of piperazine rings is 1. The zero-order valence-electron chi connectivity index (χ0n) is 10.7. The number of nitrogens with one attached hydrogen (secondary N) is 1. The molecule has 1 aliphatic rings. The second-order valence-electron chi connectivity index (χ2n) is 4.69. The van der Waals surface area contributed by atoms with E-state index in [0.717, 1.165) is 12.1 Å². The first-order valence-electron chi connectivity index (χ1n) is 6.37. The van der Waals surface area contributed by atoms with Crippen molar-refractivity contribution in [1.82, 2.24) is 10.2 Å². The number of hydrogen-bond donors (Lipinski definition) is 1. The quantitative estimate of drug-likeness (QED) is 0.678. The van der Waals surface area contributed by atoms with E-state index in [-0.39, 0.29) is 5.56 Å². The maximum absolute atomic E-state index is 13.9. The van der Waals surface area contributed by atoms with Crippen LogP contribution in [-0.4, -0.2) is 37.5 Å². The van der Waals surface area contributed by atoms with E-state index in [1.54, 1.807) is 4.90 Å². The Bertz CT molecular complexity index is 464. The number of nitrogens with zero attached hydrogens (tertiary/aromatic N) is 1. The first-order valence-corrected chi connectivity index (χ1v) is 6.74. The molecular weight excluding hydrogens is 296 g/mol. The lowest BCUT2D eigenvalue weighted by molar-refractivity contribution is 0.0724. The van der Waals surface area contributed by atoms with Crippen LogP contribution in [-0.2, 0) is 0 Å². The second kappa shape index (κ2) is 6.74. The van der Waals surface area contributed by atoms with Gasteiger partial charge in [-0.05, 0) is 12.1 Å². The van der Waals surface area contributed by atoms with E-state index >= 15 is 0 Å². The molecule has 0 spiro atoms. The van der Waals surface area contributed by atoms with Crippen molar-refractivity contribution in [2.24, 2.45) is 0 Å². The highest BCUT2D eigenvalue weighted by Crippen LogP contribution is 2.35. The summed E-state index contributed by atoms with van der Waals surface area (Å²) in [5.74, 6) is -1.54. The van der Waals surface area contributed by atoms with E-state index < -0.39 is 35.5 Å². The van der Waals surface area contributed by atoms with Crippen molar-refractivity contribution in [2.45, 2.75) is 18.9 Å². The van der Waals surface area contributed by atoms with Gasteiger partial charge in [-0.2, -0.15) is 0 Å². The molecule has 1 aliphatic heterocycles. The lowest BCUT2D eigenvalue weighted by Gasteiger charge is -2.35. The molecule has 1 aromatic carbocycles. The predicted molar refractivity (Wildman–Crippen MR) is 69.2 cm³/mol. The Morgan fingerprint density at radius 1 is 1.15 bits per heavy atom. The Kier molecular flexibility index (Phi) is 5.23. The summed E-state index contributed by atoms with van der Waals surface area (Å²) in [5, 5.41) is 2.68. The highest BCUT2D eigenvalue weighted by Gasteiger charge is 2.30. The molecule has 0 aromatic heterocycles. The standard InChI is InChI=1S/C13H15ClF4N2/c14-13-9(16)2-1-8(15)12(13)10(7-11(17)18)20-5-3-19-4-6-20/h1-2,10-11,19H,3-7H2/t10-/m1/s1. The lowest BCUT2D eigenvalue weighted by Crippen LogP contribution is -2.45. The third-order valence-electron chi connectivity index (χ3n) is 3.41. The van der Waals surface area contributed by atoms with Crippen LogP contribution in [0, 0.1) is 11.6 Å². The molecule has 0 bridgehead atoms. The molecular formula is C13H15ClF4N2. The summed E-state index contributed by atoms with van der Waals surface area (Å²) >= 11 is 5.79. The summed E-state index contributed by atoms with van der Waals surface area (Å²) in [6.45, 7) is 2.22. The maximum Gasteiger partial charge on any atom is 0.240 e. The van der Waals surface area contributed by atoms with Crippen molar-refractivity contribution in [3.05, 3.63) is 34.4 Å². The number of benzene rings is 1. The zero-order valence-corrected chi connectivity index (χ0v) is 11.4. The van der Waals surface area contributed by atoms with Crippen LogP contribution in [0.4, 0.5) is 17.6 Å². The fourth-order valence-electron chi connectivity index (χ4n) is 2.46. The van der Waals surface area contributed by atoms with E-state index in [9.17, 15) is 17.6 Å². The molecule has 1 fully saturated rings. The molecule has 0 amide bonds. The Hall–Kier alpha value is -0.850. The van der Waals surface area contributed by atoms with Crippen molar-refractivity contribution < 1.29 is 17.6 Å². The number of alkyl halides is 2. The van der Waals surface area contributed by atoms with Crippen LogP contribution in [0.3, 0.4) is 0 Å². The molecule has 0 radical (unpaired) electrons. The fourth-order valence-corrected chi connectivity index (χ4v) is 2.74. The lowest BCUT2D eigenvalue weighted by atomic mass is 10.00. The maximum atomic E-state index is 13.9. The van der Waals surface area contributed by atoms with E-state index in [1.165, 1.54) is 0 Å². The Labute approximate surface area is 119 Å². The van der Waals surface area contributed by atoms with Gasteiger partial charge in [0.25, 0.3) is 0 Å². The monoisotopic (exact) mass is 310 g/mol. The van der Waals surface area contributed by atoms with Crippen molar-refractivity contribution in [2.75, 3.05) is 26.2 Å². The average molecular weight is 311 g/mol. The first-order chi connectivity index (χ1) is 9.50. The van der Waals surface area contributed by atoms with Crippen LogP contribution >= 0.6 is 11.6 Å². The average Bonchev–Trinajstić information content (AvgIpc) is 2.43. The molecule has 0 unspecified atom stereocenters. The van der Waals surface area contributed by atoms with Gasteiger partial charge in [0.05, 0.1) is 5.02 Å². The van der Waals surface area contributed by atoms with Gasteiger partial charge in [0, 0.05) is 44.2 Å². The Morgan fingerprint density at radius 3 is 2.35 bits per heavy atom. The summed E-state index contributed by atoms with van der Waals surface area (Å²) in [4.78, 5) is 1.71. The SMILES string of the molecule is Fc1ccc(F)c([C@@H](CC(F)F)N2CCNCC2)c1Cl. The zero-order chi connectivity index (χ0) is 14.7. The van der Waals surface area contributed by atoms with E-state index in [2.05, 4.69) is 5.32 Å². The summed E-state index contributed by atoms with van der Waals surface area (Å²) in [5.41, 5.74) is -0.172. The molecule has 1 saturated heterocycles. The smallest absolute Gasteiger partial charge is 0.240 e. The van der Waals surface area contributed by atoms with Crippen molar-refractivity contribution in [3.8, 4) is 0 Å². The molecule has 7 heteroatoms. The van der Waals surface area contributed by atoms with E-state index in [0.29, 0.717) is 26.2 Å². The third kappa shape index (κ3) is 3.42. The molecule has 1 N–H and O–H groups in total. The van der Waals surface area contributed by atoms with Crippen molar-refractivity contribution in [3.63, 3.8) is 0 Å². The molecule has 0 saturated carbocycles. The summed E-state index contributed by atoms with van der Waals surface area (Å²) in [7, 11) is 0. The van der Waals surface area contributed by atoms with E-state index in [4.69, 9.17) is 11.6 Å². The van der Waals surface area contributed by atoms with Gasteiger partial charge in [0.2, 0.25) is 6.43 Å². The second-order valence-corrected chi connectivity index (χ2v) is 5.06. The van der Waals surface area contributed by atoms with E-state index in [1.807, 2.05) is 0 Å².